The third kappa shape index (κ3) is 6.94. The second-order valence-corrected chi connectivity index (χ2v) is 7.54. The number of anilines is 2. The van der Waals surface area contributed by atoms with Gasteiger partial charge in [0.05, 0.1) is 11.4 Å². The van der Waals surface area contributed by atoms with E-state index in [0.29, 0.717) is 17.9 Å². The van der Waals surface area contributed by atoms with Gasteiger partial charge in [0, 0.05) is 25.6 Å². The smallest absolute Gasteiger partial charge is 0.233 e. The van der Waals surface area contributed by atoms with Crippen LogP contribution in [0.5, 0.6) is 0 Å². The van der Waals surface area contributed by atoms with E-state index < -0.39 is 10.0 Å². The van der Waals surface area contributed by atoms with Gasteiger partial charge in [-0.2, -0.15) is 0 Å². The van der Waals surface area contributed by atoms with Crippen LogP contribution in [0.1, 0.15) is 18.9 Å². The number of rotatable bonds is 8. The zero-order chi connectivity index (χ0) is 19.0. The molecule has 0 atom stereocenters. The van der Waals surface area contributed by atoms with E-state index in [-0.39, 0.29) is 24.0 Å². The summed E-state index contributed by atoms with van der Waals surface area (Å²) in [5, 5.41) is 5.26. The minimum atomic E-state index is -3.68. The molecule has 0 radical (unpaired) electrons. The molecule has 138 valence electrons. The van der Waals surface area contributed by atoms with E-state index in [1.54, 1.807) is 18.2 Å². The largest absolute Gasteiger partial charge is 0.352 e. The monoisotopic (exact) mass is 375 g/mol. The number of hydrogen-bond acceptors (Lipinski definition) is 4. The van der Waals surface area contributed by atoms with Gasteiger partial charge in [-0.05, 0) is 23.8 Å². The number of nitrogens with one attached hydrogen (secondary N) is 3. The van der Waals surface area contributed by atoms with E-state index in [9.17, 15) is 18.0 Å². The van der Waals surface area contributed by atoms with Gasteiger partial charge in [-0.25, -0.2) is 8.42 Å². The van der Waals surface area contributed by atoms with Crippen molar-refractivity contribution in [3.63, 3.8) is 0 Å². The topological polar surface area (TPSA) is 104 Å². The van der Waals surface area contributed by atoms with E-state index in [0.717, 1.165) is 5.56 Å². The Balaban J connectivity index is 1.84. The predicted octanol–water partition coefficient (Wildman–Crippen LogP) is 2.09. The molecule has 3 N–H and O–H groups in total. The third-order valence-corrected chi connectivity index (χ3v) is 4.67. The zero-order valence-corrected chi connectivity index (χ0v) is 15.2. The lowest BCUT2D eigenvalue weighted by atomic mass is 10.2. The Bertz CT molecular complexity index is 867. The molecule has 8 heteroatoms. The van der Waals surface area contributed by atoms with Crippen molar-refractivity contribution in [3.05, 3.63) is 60.2 Å². The average Bonchev–Trinajstić information content (AvgIpc) is 2.58. The van der Waals surface area contributed by atoms with Crippen LogP contribution in [0.25, 0.3) is 0 Å². The predicted molar refractivity (Wildman–Crippen MR) is 101 cm³/mol. The van der Waals surface area contributed by atoms with Crippen LogP contribution in [-0.2, 0) is 26.2 Å². The van der Waals surface area contributed by atoms with Crippen molar-refractivity contribution in [1.82, 2.24) is 5.32 Å². The molecule has 0 bridgehead atoms. The van der Waals surface area contributed by atoms with Gasteiger partial charge in [-0.15, -0.1) is 0 Å². The van der Waals surface area contributed by atoms with Crippen molar-refractivity contribution in [2.45, 2.75) is 19.9 Å². The molecule has 0 spiro atoms. The molecule has 2 aromatic carbocycles. The van der Waals surface area contributed by atoms with Gasteiger partial charge < -0.3 is 10.6 Å². The van der Waals surface area contributed by atoms with Crippen molar-refractivity contribution in [2.24, 2.45) is 0 Å². The summed E-state index contributed by atoms with van der Waals surface area (Å²) in [7, 11) is -3.68. The lowest BCUT2D eigenvalue weighted by molar-refractivity contribution is -0.120. The minimum Gasteiger partial charge on any atom is -0.352 e. The number of hydrogen-bond donors (Lipinski definition) is 3. The van der Waals surface area contributed by atoms with Gasteiger partial charge in [0.2, 0.25) is 21.8 Å². The Morgan fingerprint density at radius 1 is 0.962 bits per heavy atom. The second-order valence-electron chi connectivity index (χ2n) is 5.70. The molecule has 2 amide bonds. The molecule has 0 aromatic heterocycles. The highest BCUT2D eigenvalue weighted by atomic mass is 32.2. The maximum Gasteiger partial charge on any atom is 0.233 e. The normalized spacial score (nSPS) is 10.8. The van der Waals surface area contributed by atoms with Crippen LogP contribution in [-0.4, -0.2) is 26.0 Å². The number of sulfonamides is 1. The highest BCUT2D eigenvalue weighted by molar-refractivity contribution is 7.92. The lowest BCUT2D eigenvalue weighted by Crippen LogP contribution is -2.27. The molecule has 0 saturated heterocycles. The first-order valence-electron chi connectivity index (χ1n) is 8.03. The van der Waals surface area contributed by atoms with Gasteiger partial charge in [0.1, 0.15) is 0 Å². The van der Waals surface area contributed by atoms with Gasteiger partial charge in [-0.1, -0.05) is 36.4 Å². The average molecular weight is 375 g/mol. The van der Waals surface area contributed by atoms with Crippen molar-refractivity contribution in [3.8, 4) is 0 Å². The van der Waals surface area contributed by atoms with Crippen molar-refractivity contribution < 1.29 is 18.0 Å². The Hall–Kier alpha value is -2.87. The molecular weight excluding hydrogens is 354 g/mol. The SMILES string of the molecule is CC(=O)Nc1cccc(NS(=O)(=O)CCC(=O)NCc2ccccc2)c1. The first kappa shape index (κ1) is 19.5. The molecule has 0 fully saturated rings. The lowest BCUT2D eigenvalue weighted by Gasteiger charge is -2.10. The van der Waals surface area contributed by atoms with Crippen LogP contribution < -0.4 is 15.4 Å². The number of carbonyl (C=O) groups excluding carboxylic acids is 2. The molecule has 0 saturated carbocycles. The van der Waals surface area contributed by atoms with Gasteiger partial charge in [-0.3, -0.25) is 14.3 Å². The van der Waals surface area contributed by atoms with Crippen LogP contribution in [0, 0.1) is 0 Å². The second kappa shape index (κ2) is 9.00. The van der Waals surface area contributed by atoms with Crippen molar-refractivity contribution >= 4 is 33.2 Å². The van der Waals surface area contributed by atoms with Gasteiger partial charge in [0.15, 0.2) is 0 Å². The summed E-state index contributed by atoms with van der Waals surface area (Å²) >= 11 is 0. The number of carbonyl (C=O) groups is 2. The summed E-state index contributed by atoms with van der Waals surface area (Å²) in [5.41, 5.74) is 1.75. The minimum absolute atomic E-state index is 0.145. The summed E-state index contributed by atoms with van der Waals surface area (Å²) in [6.45, 7) is 1.72. The molecule has 7 nitrogen and oxygen atoms in total. The summed E-state index contributed by atoms with van der Waals surface area (Å²) in [6, 6.07) is 15.7. The van der Waals surface area contributed by atoms with E-state index in [1.165, 1.54) is 13.0 Å². The quantitative estimate of drug-likeness (QED) is 0.657. The fraction of sp³-hybridized carbons (Fsp3) is 0.222. The summed E-state index contributed by atoms with van der Waals surface area (Å²) in [5.74, 6) is -0.927. The van der Waals surface area contributed by atoms with Crippen LogP contribution in [0.4, 0.5) is 11.4 Å². The van der Waals surface area contributed by atoms with Crippen LogP contribution in [0.15, 0.2) is 54.6 Å². The molecule has 2 aromatic rings. The highest BCUT2D eigenvalue weighted by Crippen LogP contribution is 2.16. The Morgan fingerprint density at radius 2 is 1.65 bits per heavy atom. The van der Waals surface area contributed by atoms with Crippen LogP contribution in [0.3, 0.4) is 0 Å². The molecule has 0 aliphatic heterocycles. The molecule has 2 rings (SSSR count). The third-order valence-electron chi connectivity index (χ3n) is 3.39. The maximum absolute atomic E-state index is 12.1. The van der Waals surface area contributed by atoms with Crippen LogP contribution >= 0.6 is 0 Å². The summed E-state index contributed by atoms with van der Waals surface area (Å²) in [4.78, 5) is 22.9. The molecule has 26 heavy (non-hydrogen) atoms. The number of benzene rings is 2. The molecule has 0 aliphatic rings. The van der Waals surface area contributed by atoms with E-state index >= 15 is 0 Å². The number of amides is 2. The Labute approximate surface area is 152 Å². The fourth-order valence-electron chi connectivity index (χ4n) is 2.21. The Kier molecular flexibility index (Phi) is 6.74. The van der Waals surface area contributed by atoms with Gasteiger partial charge >= 0.3 is 0 Å². The summed E-state index contributed by atoms with van der Waals surface area (Å²) in [6.07, 6.45) is -0.145. The fourth-order valence-corrected chi connectivity index (χ4v) is 3.25. The molecular formula is C18H21N3O4S. The first-order valence-corrected chi connectivity index (χ1v) is 9.68. The van der Waals surface area contributed by atoms with Crippen molar-refractivity contribution in [1.29, 1.82) is 0 Å². The van der Waals surface area contributed by atoms with E-state index in [2.05, 4.69) is 15.4 Å². The van der Waals surface area contributed by atoms with Gasteiger partial charge in [0.25, 0.3) is 0 Å². The molecule has 0 unspecified atom stereocenters. The Morgan fingerprint density at radius 3 is 2.35 bits per heavy atom. The first-order chi connectivity index (χ1) is 12.3. The van der Waals surface area contributed by atoms with Crippen LogP contribution in [0.2, 0.25) is 0 Å². The van der Waals surface area contributed by atoms with E-state index in [1.807, 2.05) is 30.3 Å². The van der Waals surface area contributed by atoms with E-state index in [4.69, 9.17) is 0 Å². The molecule has 0 heterocycles. The molecule has 0 aliphatic carbocycles. The standard InChI is InChI=1S/C18H21N3O4S/c1-14(22)20-16-8-5-9-17(12-16)21-26(24,25)11-10-18(23)19-13-15-6-3-2-4-7-15/h2-9,12,21H,10-11,13H2,1H3,(H,19,23)(H,20,22). The maximum atomic E-state index is 12.1. The summed E-state index contributed by atoms with van der Waals surface area (Å²) < 4.78 is 26.7. The zero-order valence-electron chi connectivity index (χ0n) is 14.4. The highest BCUT2D eigenvalue weighted by Gasteiger charge is 2.14. The van der Waals surface area contributed by atoms with Crippen molar-refractivity contribution in [2.75, 3.05) is 15.8 Å².